The van der Waals surface area contributed by atoms with Gasteiger partial charge in [0.15, 0.2) is 17.2 Å². The quantitative estimate of drug-likeness (QED) is 0.231. The third-order valence-corrected chi connectivity index (χ3v) is 2.62. The van der Waals surface area contributed by atoms with E-state index in [1.54, 1.807) is 0 Å². The molecule has 6 nitrogen and oxygen atoms in total. The summed E-state index contributed by atoms with van der Waals surface area (Å²) < 4.78 is 0. The zero-order valence-corrected chi connectivity index (χ0v) is 7.34. The van der Waals surface area contributed by atoms with E-state index in [1.807, 2.05) is 0 Å². The van der Waals surface area contributed by atoms with Crippen LogP contribution in [0.1, 0.15) is 0 Å². The van der Waals surface area contributed by atoms with E-state index in [0.717, 1.165) is 12.1 Å². The monoisotopic (exact) mass is 204 g/mol. The normalized spacial score (nSPS) is 11.6. The van der Waals surface area contributed by atoms with Crippen LogP contribution in [0.25, 0.3) is 0 Å². The molecule has 0 amide bonds. The smallest absolute Gasteiger partial charge is 0.504 e. The van der Waals surface area contributed by atoms with Crippen LogP contribution in [0, 0.1) is 0 Å². The molecule has 1 rings (SSSR count). The number of phenols is 3. The van der Waals surface area contributed by atoms with Crippen LogP contribution >= 0.6 is 0 Å². The van der Waals surface area contributed by atoms with Crippen LogP contribution in [0.4, 0.5) is 0 Å². The van der Waals surface area contributed by atoms with Gasteiger partial charge in [-0.05, 0) is 12.1 Å². The van der Waals surface area contributed by atoms with Gasteiger partial charge in [0.25, 0.3) is 0 Å². The van der Waals surface area contributed by atoms with E-state index < -0.39 is 31.2 Å². The lowest BCUT2D eigenvalue weighted by Crippen LogP contribution is -2.48. The molecule has 0 aromatic heterocycles. The molecule has 0 atom stereocenters. The Kier molecular flexibility index (Phi) is 2.18. The Morgan fingerprint density at radius 2 is 1.38 bits per heavy atom. The van der Waals surface area contributed by atoms with E-state index in [0.29, 0.717) is 0 Å². The minimum atomic E-state index is -4.65. The van der Waals surface area contributed by atoms with Crippen molar-refractivity contribution in [2.24, 2.45) is 0 Å². The second kappa shape index (κ2) is 2.89. The fourth-order valence-corrected chi connectivity index (χ4v) is 1.58. The van der Waals surface area contributed by atoms with E-state index >= 15 is 0 Å². The third kappa shape index (κ3) is 1.73. The Morgan fingerprint density at radius 1 is 0.846 bits per heavy atom. The second-order valence-electron chi connectivity index (χ2n) is 2.46. The highest BCUT2D eigenvalue weighted by molar-refractivity contribution is 6.72. The maximum absolute atomic E-state index is 9.06. The lowest BCUT2D eigenvalue weighted by Gasteiger charge is -2.12. The van der Waals surface area contributed by atoms with Gasteiger partial charge in [0.05, 0.1) is 5.19 Å². The van der Waals surface area contributed by atoms with Crippen LogP contribution in [0.3, 0.4) is 0 Å². The van der Waals surface area contributed by atoms with Gasteiger partial charge in [-0.25, -0.2) is 0 Å². The average Bonchev–Trinajstić information content (AvgIpc) is 1.98. The van der Waals surface area contributed by atoms with E-state index in [2.05, 4.69) is 0 Å². The molecule has 6 N–H and O–H groups in total. The molecule has 0 unspecified atom stereocenters. The molecule has 0 saturated carbocycles. The van der Waals surface area contributed by atoms with Gasteiger partial charge in [0, 0.05) is 0 Å². The van der Waals surface area contributed by atoms with Gasteiger partial charge in [-0.2, -0.15) is 0 Å². The van der Waals surface area contributed by atoms with Crippen molar-refractivity contribution in [3.63, 3.8) is 0 Å². The van der Waals surface area contributed by atoms with Gasteiger partial charge in [-0.3, -0.25) is 0 Å². The van der Waals surface area contributed by atoms with E-state index in [1.165, 1.54) is 0 Å². The fraction of sp³-hybridized carbons (Fsp3) is 0. The van der Waals surface area contributed by atoms with Crippen molar-refractivity contribution in [2.45, 2.75) is 0 Å². The van der Waals surface area contributed by atoms with Crippen LogP contribution in [0.15, 0.2) is 12.1 Å². The maximum Gasteiger partial charge on any atom is 0.532 e. The van der Waals surface area contributed by atoms with Crippen LogP contribution in [-0.4, -0.2) is 38.5 Å². The van der Waals surface area contributed by atoms with Crippen molar-refractivity contribution < 1.29 is 29.7 Å². The summed E-state index contributed by atoms with van der Waals surface area (Å²) in [5, 5.41) is 26.3. The molecule has 1 aromatic rings. The molecule has 0 aliphatic heterocycles. The van der Waals surface area contributed by atoms with E-state index in [4.69, 9.17) is 29.7 Å². The van der Waals surface area contributed by atoms with E-state index in [9.17, 15) is 0 Å². The minimum Gasteiger partial charge on any atom is -0.504 e. The summed E-state index contributed by atoms with van der Waals surface area (Å²) in [6.45, 7) is 0. The van der Waals surface area contributed by atoms with Crippen molar-refractivity contribution in [2.75, 3.05) is 0 Å². The van der Waals surface area contributed by atoms with Crippen molar-refractivity contribution in [3.05, 3.63) is 12.1 Å². The van der Waals surface area contributed by atoms with E-state index in [-0.39, 0.29) is 0 Å². The topological polar surface area (TPSA) is 121 Å². The highest BCUT2D eigenvalue weighted by Crippen LogP contribution is 2.32. The highest BCUT2D eigenvalue weighted by atomic mass is 28.4. The second-order valence-corrected chi connectivity index (χ2v) is 4.27. The average molecular weight is 204 g/mol. The first-order chi connectivity index (χ1) is 5.84. The number of aromatic hydroxyl groups is 3. The molecule has 13 heavy (non-hydrogen) atoms. The fourth-order valence-electron chi connectivity index (χ4n) is 0.840. The molecule has 0 spiro atoms. The van der Waals surface area contributed by atoms with Crippen LogP contribution in [0.2, 0.25) is 0 Å². The molecule has 0 bridgehead atoms. The molecular weight excluding hydrogens is 196 g/mol. The predicted molar refractivity (Wildman–Crippen MR) is 43.5 cm³/mol. The Balaban J connectivity index is 3.35. The summed E-state index contributed by atoms with van der Waals surface area (Å²) in [4.78, 5) is 26.3. The molecule has 0 aliphatic rings. The van der Waals surface area contributed by atoms with Gasteiger partial charge < -0.3 is 29.7 Å². The summed E-state index contributed by atoms with van der Waals surface area (Å²) in [6, 6.07) is 1.84. The minimum absolute atomic E-state index is 0.581. The first-order valence-corrected chi connectivity index (χ1v) is 5.09. The number of benzene rings is 1. The Hall–Kier alpha value is -1.28. The first kappa shape index (κ1) is 9.80. The van der Waals surface area contributed by atoms with Crippen molar-refractivity contribution in [1.29, 1.82) is 0 Å². The summed E-state index contributed by atoms with van der Waals surface area (Å²) in [6.07, 6.45) is 0. The van der Waals surface area contributed by atoms with Gasteiger partial charge >= 0.3 is 8.80 Å². The lowest BCUT2D eigenvalue weighted by atomic mass is 10.3. The molecule has 7 heteroatoms. The molecule has 0 radical (unpaired) electrons. The van der Waals surface area contributed by atoms with Crippen LogP contribution in [-0.2, 0) is 0 Å². The standard InChI is InChI=1S/C6H8O6Si/c7-3-1-2-4(13(10,11)12)6(9)5(3)8/h1-2,7-12H. The van der Waals surface area contributed by atoms with Crippen LogP contribution < -0.4 is 5.19 Å². The molecule has 1 aromatic carbocycles. The van der Waals surface area contributed by atoms with Gasteiger partial charge in [0.2, 0.25) is 0 Å². The lowest BCUT2D eigenvalue weighted by molar-refractivity contribution is 0.247. The Bertz CT molecular complexity index is 331. The highest BCUT2D eigenvalue weighted by Gasteiger charge is 2.35. The molecule has 0 heterocycles. The number of hydrogen-bond acceptors (Lipinski definition) is 6. The molecule has 0 fully saturated rings. The van der Waals surface area contributed by atoms with Crippen LogP contribution in [0.5, 0.6) is 17.2 Å². The largest absolute Gasteiger partial charge is 0.532 e. The van der Waals surface area contributed by atoms with Crippen molar-refractivity contribution in [3.8, 4) is 17.2 Å². The first-order valence-electron chi connectivity index (χ1n) is 3.25. The van der Waals surface area contributed by atoms with Gasteiger partial charge in [0.1, 0.15) is 0 Å². The zero-order chi connectivity index (χ0) is 10.2. The SMILES string of the molecule is Oc1ccc([Si](O)(O)O)c(O)c1O. The number of phenolic OH excluding ortho intramolecular Hbond substituents is 3. The Labute approximate surface area is 73.9 Å². The molecule has 0 saturated heterocycles. The summed E-state index contributed by atoms with van der Waals surface area (Å²) in [7, 11) is -4.65. The third-order valence-electron chi connectivity index (χ3n) is 1.49. The van der Waals surface area contributed by atoms with Crippen molar-refractivity contribution >= 4 is 14.0 Å². The summed E-state index contributed by atoms with van der Waals surface area (Å²) in [5.74, 6) is -2.44. The molecular formula is C6H8O6Si. The maximum atomic E-state index is 9.06. The van der Waals surface area contributed by atoms with Gasteiger partial charge in [-0.15, -0.1) is 0 Å². The number of rotatable bonds is 1. The zero-order valence-electron chi connectivity index (χ0n) is 6.34. The summed E-state index contributed by atoms with van der Waals surface area (Å²) in [5.41, 5.74) is 0. The van der Waals surface area contributed by atoms with Gasteiger partial charge in [-0.1, -0.05) is 0 Å². The molecule has 0 aliphatic carbocycles. The Morgan fingerprint density at radius 3 is 1.85 bits per heavy atom. The molecule has 72 valence electrons. The summed E-state index contributed by atoms with van der Waals surface area (Å²) >= 11 is 0. The predicted octanol–water partition coefficient (Wildman–Crippen LogP) is -2.07. The van der Waals surface area contributed by atoms with Crippen molar-refractivity contribution in [1.82, 2.24) is 0 Å². The number of hydrogen-bond donors (Lipinski definition) is 6.